The molecular formula is C36H23BrN6. The first-order chi connectivity index (χ1) is 21.2. The van der Waals surface area contributed by atoms with Crippen molar-refractivity contribution in [2.75, 3.05) is 0 Å². The number of nitrogens with zero attached hydrogens (tertiary/aromatic N) is 6. The van der Waals surface area contributed by atoms with Crippen molar-refractivity contribution in [3.63, 3.8) is 0 Å². The molecule has 7 aromatic rings. The lowest BCUT2D eigenvalue weighted by Crippen LogP contribution is -2.00. The predicted octanol–water partition coefficient (Wildman–Crippen LogP) is 8.82. The first-order valence-corrected chi connectivity index (χ1v) is 14.5. The lowest BCUT2D eigenvalue weighted by molar-refractivity contribution is 1.07. The molecule has 7 rings (SSSR count). The van der Waals surface area contributed by atoms with Gasteiger partial charge in [0.2, 0.25) is 0 Å². The molecule has 0 N–H and O–H groups in total. The van der Waals surface area contributed by atoms with Crippen molar-refractivity contribution < 1.29 is 0 Å². The average Bonchev–Trinajstić information content (AvgIpc) is 3.09. The lowest BCUT2D eigenvalue weighted by Gasteiger charge is -2.11. The van der Waals surface area contributed by atoms with Crippen LogP contribution in [0.4, 0.5) is 0 Å². The zero-order chi connectivity index (χ0) is 29.0. The Labute approximate surface area is 257 Å². The third kappa shape index (κ3) is 5.84. The maximum Gasteiger partial charge on any atom is 0.164 e. The molecule has 0 saturated carbocycles. The molecule has 3 aromatic carbocycles. The number of benzene rings is 3. The van der Waals surface area contributed by atoms with E-state index >= 15 is 0 Å². The Bertz CT molecular complexity index is 1900. The number of halogens is 1. The summed E-state index contributed by atoms with van der Waals surface area (Å²) in [7, 11) is 0. The van der Waals surface area contributed by atoms with Crippen LogP contribution in [0.1, 0.15) is 0 Å². The minimum Gasteiger partial charge on any atom is -0.265 e. The minimum atomic E-state index is 0.589. The van der Waals surface area contributed by atoms with Crippen LogP contribution in [0.25, 0.3) is 67.5 Å². The fourth-order valence-corrected chi connectivity index (χ4v) is 5.39. The summed E-state index contributed by atoms with van der Waals surface area (Å²) >= 11 is 3.70. The summed E-state index contributed by atoms with van der Waals surface area (Å²) in [5, 5.41) is 0. The van der Waals surface area contributed by atoms with E-state index < -0.39 is 0 Å². The fraction of sp³-hybridized carbons (Fsp3) is 0. The molecule has 4 aromatic heterocycles. The van der Waals surface area contributed by atoms with Gasteiger partial charge in [-0.3, -0.25) is 15.0 Å². The van der Waals surface area contributed by atoms with E-state index in [1.54, 1.807) is 31.0 Å². The van der Waals surface area contributed by atoms with Crippen LogP contribution in [0.2, 0.25) is 0 Å². The van der Waals surface area contributed by atoms with Crippen LogP contribution < -0.4 is 0 Å². The van der Waals surface area contributed by atoms with Gasteiger partial charge in [-0.2, -0.15) is 0 Å². The Kier molecular flexibility index (Phi) is 7.29. The second-order valence-corrected chi connectivity index (χ2v) is 10.8. The second-order valence-electron chi connectivity index (χ2n) is 9.90. The molecule has 0 fully saturated rings. The Morgan fingerprint density at radius 3 is 1.33 bits per heavy atom. The highest BCUT2D eigenvalue weighted by Gasteiger charge is 2.14. The molecule has 0 aliphatic heterocycles. The molecule has 4 heterocycles. The number of rotatable bonds is 6. The van der Waals surface area contributed by atoms with Crippen LogP contribution in [-0.2, 0) is 0 Å². The van der Waals surface area contributed by atoms with Crippen molar-refractivity contribution in [3.8, 4) is 67.5 Å². The summed E-state index contributed by atoms with van der Waals surface area (Å²) in [6.45, 7) is 0. The van der Waals surface area contributed by atoms with Crippen molar-refractivity contribution >= 4 is 15.9 Å². The first kappa shape index (κ1) is 26.5. The molecule has 0 aliphatic rings. The van der Waals surface area contributed by atoms with E-state index in [9.17, 15) is 0 Å². The molecule has 0 amide bonds. The van der Waals surface area contributed by atoms with Gasteiger partial charge in [0, 0.05) is 58.3 Å². The van der Waals surface area contributed by atoms with E-state index in [1.165, 1.54) is 0 Å². The average molecular weight is 620 g/mol. The SMILES string of the molecule is Brc1cc(-c2ccncc2)cc(-c2nc(-c3ccc(-c4ccncc4)cc3)nc(-c3ccc(-c4cccnc4)cc3)n2)c1. The van der Waals surface area contributed by atoms with Gasteiger partial charge in [-0.25, -0.2) is 15.0 Å². The number of pyridine rings is 3. The number of hydrogen-bond donors (Lipinski definition) is 0. The Hall–Kier alpha value is -5.40. The number of aromatic nitrogens is 6. The third-order valence-electron chi connectivity index (χ3n) is 7.10. The third-order valence-corrected chi connectivity index (χ3v) is 7.56. The minimum absolute atomic E-state index is 0.589. The monoisotopic (exact) mass is 618 g/mol. The standard InChI is InChI=1S/C36H23BrN6/c37-33-21-31(27-13-18-39-19-14-27)20-32(22-33)36-42-34(28-7-3-24(4-8-28)26-11-16-38-17-12-26)41-35(43-36)29-9-5-25(6-10-29)30-2-1-15-40-23-30/h1-23H. The highest BCUT2D eigenvalue weighted by Crippen LogP contribution is 2.32. The van der Waals surface area contributed by atoms with E-state index in [2.05, 4.69) is 67.3 Å². The highest BCUT2D eigenvalue weighted by molar-refractivity contribution is 9.10. The topological polar surface area (TPSA) is 77.3 Å². The smallest absolute Gasteiger partial charge is 0.164 e. The van der Waals surface area contributed by atoms with E-state index in [1.807, 2.05) is 72.9 Å². The van der Waals surface area contributed by atoms with Gasteiger partial charge in [0.15, 0.2) is 17.5 Å². The quantitative estimate of drug-likeness (QED) is 0.185. The van der Waals surface area contributed by atoms with Crippen LogP contribution >= 0.6 is 15.9 Å². The maximum absolute atomic E-state index is 4.97. The normalized spacial score (nSPS) is 10.9. The molecule has 0 atom stereocenters. The van der Waals surface area contributed by atoms with Gasteiger partial charge in [-0.15, -0.1) is 0 Å². The van der Waals surface area contributed by atoms with Gasteiger partial charge in [0.25, 0.3) is 0 Å². The second kappa shape index (κ2) is 11.8. The fourth-order valence-electron chi connectivity index (χ4n) is 4.89. The molecule has 204 valence electrons. The zero-order valence-electron chi connectivity index (χ0n) is 22.8. The largest absolute Gasteiger partial charge is 0.265 e. The van der Waals surface area contributed by atoms with E-state index in [0.717, 1.165) is 54.5 Å². The summed E-state index contributed by atoms with van der Waals surface area (Å²) in [4.78, 5) is 27.4. The van der Waals surface area contributed by atoms with Gasteiger partial charge in [0.05, 0.1) is 0 Å². The van der Waals surface area contributed by atoms with Crippen LogP contribution in [0.3, 0.4) is 0 Å². The van der Waals surface area contributed by atoms with Crippen molar-refractivity contribution in [2.45, 2.75) is 0 Å². The summed E-state index contributed by atoms with van der Waals surface area (Å²) in [6, 6.07) is 34.7. The molecule has 43 heavy (non-hydrogen) atoms. The van der Waals surface area contributed by atoms with Crippen LogP contribution in [0, 0.1) is 0 Å². The molecule has 0 unspecified atom stereocenters. The predicted molar refractivity (Wildman–Crippen MR) is 174 cm³/mol. The summed E-state index contributed by atoms with van der Waals surface area (Å²) in [6.07, 6.45) is 10.8. The van der Waals surface area contributed by atoms with Crippen LogP contribution in [-0.4, -0.2) is 29.9 Å². The van der Waals surface area contributed by atoms with Crippen molar-refractivity contribution in [1.82, 2.24) is 29.9 Å². The number of hydrogen-bond acceptors (Lipinski definition) is 6. The van der Waals surface area contributed by atoms with Crippen LogP contribution in [0.5, 0.6) is 0 Å². The first-order valence-electron chi connectivity index (χ1n) is 13.7. The van der Waals surface area contributed by atoms with Gasteiger partial charge in [0.1, 0.15) is 0 Å². The Morgan fingerprint density at radius 2 is 0.791 bits per heavy atom. The molecule has 0 spiro atoms. The molecular weight excluding hydrogens is 596 g/mol. The zero-order valence-corrected chi connectivity index (χ0v) is 24.4. The lowest BCUT2D eigenvalue weighted by atomic mass is 10.0. The van der Waals surface area contributed by atoms with Crippen molar-refractivity contribution in [1.29, 1.82) is 0 Å². The van der Waals surface area contributed by atoms with Crippen LogP contribution in [0.15, 0.2) is 145 Å². The Morgan fingerprint density at radius 1 is 0.349 bits per heavy atom. The van der Waals surface area contributed by atoms with Crippen molar-refractivity contribution in [3.05, 3.63) is 145 Å². The highest BCUT2D eigenvalue weighted by atomic mass is 79.9. The van der Waals surface area contributed by atoms with Gasteiger partial charge < -0.3 is 0 Å². The molecule has 0 radical (unpaired) electrons. The van der Waals surface area contributed by atoms with E-state index in [-0.39, 0.29) is 0 Å². The van der Waals surface area contributed by atoms with Crippen molar-refractivity contribution in [2.24, 2.45) is 0 Å². The maximum atomic E-state index is 4.97. The van der Waals surface area contributed by atoms with Gasteiger partial charge in [-0.1, -0.05) is 70.5 Å². The van der Waals surface area contributed by atoms with Gasteiger partial charge >= 0.3 is 0 Å². The van der Waals surface area contributed by atoms with Gasteiger partial charge in [-0.05, 0) is 81.9 Å². The molecule has 7 heteroatoms. The molecule has 0 aliphatic carbocycles. The molecule has 0 bridgehead atoms. The van der Waals surface area contributed by atoms with E-state index in [0.29, 0.717) is 17.5 Å². The summed E-state index contributed by atoms with van der Waals surface area (Å²) in [5.41, 5.74) is 9.11. The summed E-state index contributed by atoms with van der Waals surface area (Å²) in [5.74, 6) is 1.79. The summed E-state index contributed by atoms with van der Waals surface area (Å²) < 4.78 is 0.933. The molecule has 0 saturated heterocycles. The van der Waals surface area contributed by atoms with E-state index in [4.69, 9.17) is 15.0 Å². The Balaban J connectivity index is 1.34. The molecule has 6 nitrogen and oxygen atoms in total.